The fraction of sp³-hybridized carbons (Fsp3) is 0.538. The molecule has 0 saturated heterocycles. The minimum absolute atomic E-state index is 0. The molecule has 0 unspecified atom stereocenters. The largest absolute Gasteiger partial charge is 0.493 e. The highest BCUT2D eigenvalue weighted by molar-refractivity contribution is 9.10. The standard InChI is InChI=1S/C13H20BrNO3.ClH/c1-4-18-13-10(9-15-5-6-16-2)7-11(14)8-12(13)17-3;/h7-8,15H,4-6,9H2,1-3H3;1H. The smallest absolute Gasteiger partial charge is 0.165 e. The fourth-order valence-electron chi connectivity index (χ4n) is 1.61. The Morgan fingerprint density at radius 1 is 1.26 bits per heavy atom. The summed E-state index contributed by atoms with van der Waals surface area (Å²) in [6.07, 6.45) is 0. The van der Waals surface area contributed by atoms with Gasteiger partial charge in [0.2, 0.25) is 0 Å². The first kappa shape index (κ1) is 18.5. The number of benzene rings is 1. The molecule has 0 aliphatic heterocycles. The molecule has 0 atom stereocenters. The van der Waals surface area contributed by atoms with Crippen LogP contribution >= 0.6 is 28.3 Å². The lowest BCUT2D eigenvalue weighted by Crippen LogP contribution is -2.19. The van der Waals surface area contributed by atoms with E-state index in [4.69, 9.17) is 14.2 Å². The Labute approximate surface area is 129 Å². The average molecular weight is 355 g/mol. The van der Waals surface area contributed by atoms with Gasteiger partial charge in [0.1, 0.15) is 0 Å². The summed E-state index contributed by atoms with van der Waals surface area (Å²) in [6, 6.07) is 3.94. The summed E-state index contributed by atoms with van der Waals surface area (Å²) in [5, 5.41) is 3.30. The Morgan fingerprint density at radius 2 is 2.00 bits per heavy atom. The average Bonchev–Trinajstić information content (AvgIpc) is 2.37. The van der Waals surface area contributed by atoms with Crippen molar-refractivity contribution in [2.75, 3.05) is 34.0 Å². The maximum atomic E-state index is 5.65. The zero-order valence-corrected chi connectivity index (χ0v) is 13.9. The van der Waals surface area contributed by atoms with E-state index in [1.165, 1.54) is 0 Å². The van der Waals surface area contributed by atoms with E-state index in [1.54, 1.807) is 14.2 Å². The summed E-state index contributed by atoms with van der Waals surface area (Å²) in [5.41, 5.74) is 1.07. The molecule has 0 fully saturated rings. The monoisotopic (exact) mass is 353 g/mol. The van der Waals surface area contributed by atoms with Crippen LogP contribution in [0.25, 0.3) is 0 Å². The van der Waals surface area contributed by atoms with Gasteiger partial charge in [-0.15, -0.1) is 12.4 Å². The van der Waals surface area contributed by atoms with Crippen LogP contribution in [0.1, 0.15) is 12.5 Å². The van der Waals surface area contributed by atoms with Gasteiger partial charge in [-0.05, 0) is 19.1 Å². The van der Waals surface area contributed by atoms with Crippen molar-refractivity contribution in [1.82, 2.24) is 5.32 Å². The highest BCUT2D eigenvalue weighted by Gasteiger charge is 2.11. The number of methoxy groups -OCH3 is 2. The van der Waals surface area contributed by atoms with Crippen molar-refractivity contribution < 1.29 is 14.2 Å². The first-order valence-corrected chi connectivity index (χ1v) is 6.71. The number of hydrogen-bond donors (Lipinski definition) is 1. The Kier molecular flexibility index (Phi) is 10.0. The van der Waals surface area contributed by atoms with Crippen molar-refractivity contribution in [3.8, 4) is 11.5 Å². The molecule has 0 spiro atoms. The van der Waals surface area contributed by atoms with Gasteiger partial charge in [0.05, 0.1) is 20.3 Å². The van der Waals surface area contributed by atoms with Gasteiger partial charge in [0, 0.05) is 30.2 Å². The van der Waals surface area contributed by atoms with Crippen LogP contribution in [0.3, 0.4) is 0 Å². The van der Waals surface area contributed by atoms with Crippen LogP contribution < -0.4 is 14.8 Å². The molecule has 1 rings (SSSR count). The SMILES string of the molecule is CCOc1c(CNCCOC)cc(Br)cc1OC.Cl. The summed E-state index contributed by atoms with van der Waals surface area (Å²) < 4.78 is 17.0. The quantitative estimate of drug-likeness (QED) is 0.729. The Balaban J connectivity index is 0.00000324. The lowest BCUT2D eigenvalue weighted by Gasteiger charge is -2.15. The third-order valence-corrected chi connectivity index (χ3v) is 2.86. The van der Waals surface area contributed by atoms with Gasteiger partial charge in [-0.1, -0.05) is 15.9 Å². The van der Waals surface area contributed by atoms with Crippen LogP contribution in [-0.2, 0) is 11.3 Å². The molecule has 0 heterocycles. The molecule has 1 N–H and O–H groups in total. The summed E-state index contributed by atoms with van der Waals surface area (Å²) in [7, 11) is 3.34. The zero-order chi connectivity index (χ0) is 13.4. The minimum Gasteiger partial charge on any atom is -0.493 e. The third-order valence-electron chi connectivity index (χ3n) is 2.40. The molecule has 0 aliphatic carbocycles. The van der Waals surface area contributed by atoms with Crippen molar-refractivity contribution in [1.29, 1.82) is 0 Å². The second kappa shape index (κ2) is 10.3. The molecule has 0 radical (unpaired) electrons. The van der Waals surface area contributed by atoms with E-state index in [-0.39, 0.29) is 12.4 Å². The Morgan fingerprint density at radius 3 is 2.58 bits per heavy atom. The maximum absolute atomic E-state index is 5.65. The number of hydrogen-bond acceptors (Lipinski definition) is 4. The predicted octanol–water partition coefficient (Wildman–Crippen LogP) is 3.01. The number of nitrogens with one attached hydrogen (secondary N) is 1. The van der Waals surface area contributed by atoms with E-state index < -0.39 is 0 Å². The van der Waals surface area contributed by atoms with Gasteiger partial charge in [0.25, 0.3) is 0 Å². The van der Waals surface area contributed by atoms with Crippen molar-refractivity contribution in [2.45, 2.75) is 13.5 Å². The van der Waals surface area contributed by atoms with E-state index in [9.17, 15) is 0 Å². The van der Waals surface area contributed by atoms with Gasteiger partial charge in [0.15, 0.2) is 11.5 Å². The first-order valence-electron chi connectivity index (χ1n) is 5.91. The molecular formula is C13H21BrClNO3. The summed E-state index contributed by atoms with van der Waals surface area (Å²) >= 11 is 3.47. The lowest BCUT2D eigenvalue weighted by atomic mass is 10.2. The van der Waals surface area contributed by atoms with E-state index in [0.29, 0.717) is 19.8 Å². The van der Waals surface area contributed by atoms with E-state index >= 15 is 0 Å². The molecule has 6 heteroatoms. The molecule has 1 aromatic carbocycles. The van der Waals surface area contributed by atoms with Crippen molar-refractivity contribution in [3.05, 3.63) is 22.2 Å². The second-order valence-electron chi connectivity index (χ2n) is 3.70. The predicted molar refractivity (Wildman–Crippen MR) is 82.7 cm³/mol. The van der Waals surface area contributed by atoms with E-state index in [2.05, 4.69) is 21.2 Å². The summed E-state index contributed by atoms with van der Waals surface area (Å²) in [5.74, 6) is 1.54. The molecule has 0 saturated carbocycles. The van der Waals surface area contributed by atoms with Crippen molar-refractivity contribution in [2.24, 2.45) is 0 Å². The molecule has 0 aromatic heterocycles. The van der Waals surface area contributed by atoms with Crippen LogP contribution in [0, 0.1) is 0 Å². The van der Waals surface area contributed by atoms with Gasteiger partial charge < -0.3 is 19.5 Å². The second-order valence-corrected chi connectivity index (χ2v) is 4.61. The minimum atomic E-state index is 0. The fourth-order valence-corrected chi connectivity index (χ4v) is 2.10. The topological polar surface area (TPSA) is 39.7 Å². The highest BCUT2D eigenvalue weighted by atomic mass is 79.9. The van der Waals surface area contributed by atoms with Crippen LogP contribution in [-0.4, -0.2) is 34.0 Å². The van der Waals surface area contributed by atoms with E-state index in [1.807, 2.05) is 19.1 Å². The summed E-state index contributed by atoms with van der Waals surface area (Å²) in [6.45, 7) is 4.78. The molecule has 19 heavy (non-hydrogen) atoms. The Hall–Kier alpha value is -0.490. The van der Waals surface area contributed by atoms with Gasteiger partial charge in [-0.3, -0.25) is 0 Å². The molecule has 0 amide bonds. The lowest BCUT2D eigenvalue weighted by molar-refractivity contribution is 0.199. The van der Waals surface area contributed by atoms with Gasteiger partial charge in [-0.2, -0.15) is 0 Å². The Bertz CT molecular complexity index is 377. The zero-order valence-electron chi connectivity index (χ0n) is 11.5. The summed E-state index contributed by atoms with van der Waals surface area (Å²) in [4.78, 5) is 0. The van der Waals surface area contributed by atoms with Crippen LogP contribution in [0.15, 0.2) is 16.6 Å². The molecule has 4 nitrogen and oxygen atoms in total. The highest BCUT2D eigenvalue weighted by Crippen LogP contribution is 2.34. The van der Waals surface area contributed by atoms with Crippen LogP contribution in [0.4, 0.5) is 0 Å². The number of ether oxygens (including phenoxy) is 3. The normalized spacial score (nSPS) is 9.89. The number of rotatable bonds is 8. The first-order chi connectivity index (χ1) is 8.72. The van der Waals surface area contributed by atoms with Gasteiger partial charge in [-0.25, -0.2) is 0 Å². The number of halogens is 2. The molecule has 0 bridgehead atoms. The molecular weight excluding hydrogens is 334 g/mol. The molecule has 1 aromatic rings. The van der Waals surface area contributed by atoms with E-state index in [0.717, 1.165) is 28.1 Å². The van der Waals surface area contributed by atoms with Crippen LogP contribution in [0.2, 0.25) is 0 Å². The third kappa shape index (κ3) is 5.99. The maximum Gasteiger partial charge on any atom is 0.165 e. The van der Waals surface area contributed by atoms with Gasteiger partial charge >= 0.3 is 0 Å². The van der Waals surface area contributed by atoms with Crippen molar-refractivity contribution >= 4 is 28.3 Å². The van der Waals surface area contributed by atoms with Crippen LogP contribution in [0.5, 0.6) is 11.5 Å². The molecule has 0 aliphatic rings. The van der Waals surface area contributed by atoms with Crippen molar-refractivity contribution in [3.63, 3.8) is 0 Å². The molecule has 110 valence electrons.